The maximum atomic E-state index is 12.3. The summed E-state index contributed by atoms with van der Waals surface area (Å²) in [5, 5.41) is 45.3. The van der Waals surface area contributed by atoms with Crippen LogP contribution in [0.15, 0.2) is 91.0 Å². The van der Waals surface area contributed by atoms with E-state index in [1.54, 1.807) is 84.9 Å². The molecule has 3 atom stereocenters. The van der Waals surface area contributed by atoms with Gasteiger partial charge in [0.25, 0.3) is 0 Å². The number of aldehydes is 1. The molecule has 0 fully saturated rings. The fourth-order valence-corrected chi connectivity index (χ4v) is 4.07. The predicted molar refractivity (Wildman–Crippen MR) is 118 cm³/mol. The highest BCUT2D eigenvalue weighted by Gasteiger charge is 2.61. The Kier molecular flexibility index (Phi) is 7.03. The molecule has 0 aliphatic heterocycles. The molecule has 0 amide bonds. The summed E-state index contributed by atoms with van der Waals surface area (Å²) in [6, 6.07) is 26.5. The molecule has 0 heterocycles. The summed E-state index contributed by atoms with van der Waals surface area (Å²) in [5.41, 5.74) is -5.07. The van der Waals surface area contributed by atoms with Gasteiger partial charge in [-0.2, -0.15) is 0 Å². The molecule has 0 aliphatic rings. The topological polar surface area (TPSA) is 98.0 Å². The van der Waals surface area contributed by atoms with Gasteiger partial charge < -0.3 is 25.2 Å². The zero-order valence-corrected chi connectivity index (χ0v) is 17.3. The van der Waals surface area contributed by atoms with Gasteiger partial charge in [0.2, 0.25) is 0 Å². The molecule has 0 saturated heterocycles. The number of hydrogen-bond donors (Lipinski definition) is 4. The second-order valence-electron chi connectivity index (χ2n) is 8.08. The molecule has 31 heavy (non-hydrogen) atoms. The van der Waals surface area contributed by atoms with Gasteiger partial charge in [0.05, 0.1) is 6.61 Å². The van der Waals surface area contributed by atoms with Crippen LogP contribution in [0.5, 0.6) is 0 Å². The Morgan fingerprint density at radius 2 is 1.00 bits per heavy atom. The zero-order valence-electron chi connectivity index (χ0n) is 17.3. The van der Waals surface area contributed by atoms with Gasteiger partial charge in [-0.05, 0) is 16.7 Å². The normalized spacial score (nSPS) is 17.2. The van der Waals surface area contributed by atoms with Crippen molar-refractivity contribution in [1.29, 1.82) is 0 Å². The second-order valence-corrected chi connectivity index (χ2v) is 8.08. The number of hydrogen-bond acceptors (Lipinski definition) is 5. The van der Waals surface area contributed by atoms with E-state index in [2.05, 4.69) is 0 Å². The maximum absolute atomic E-state index is 12.3. The van der Waals surface area contributed by atoms with Crippen LogP contribution in [0.2, 0.25) is 0 Å². The molecule has 0 aliphatic carbocycles. The molecule has 162 valence electrons. The standard InChI is InChI=1S/C26H28O5/c27-19-24(29,16-21-10-4-1-5-11-21)26(31,18-23-14-8-3-9-15-23)25(30,20-28)17-22-12-6-2-7-13-22/h1-15,19,28-31H,16-18,20H2/t24-,25+,26+/m0/s1. The lowest BCUT2D eigenvalue weighted by molar-refractivity contribution is -0.244. The molecule has 0 radical (unpaired) electrons. The van der Waals surface area contributed by atoms with Gasteiger partial charge in [-0.3, -0.25) is 0 Å². The first-order valence-electron chi connectivity index (χ1n) is 10.2. The van der Waals surface area contributed by atoms with Gasteiger partial charge in [-0.25, -0.2) is 0 Å². The van der Waals surface area contributed by atoms with Crippen LogP contribution in [0.3, 0.4) is 0 Å². The molecule has 3 aromatic rings. The fourth-order valence-electron chi connectivity index (χ4n) is 4.07. The fraction of sp³-hybridized carbons (Fsp3) is 0.269. The molecular formula is C26H28O5. The minimum absolute atomic E-state index is 0.154. The van der Waals surface area contributed by atoms with Crippen molar-refractivity contribution in [2.45, 2.75) is 36.1 Å². The quantitative estimate of drug-likeness (QED) is 0.377. The summed E-state index contributed by atoms with van der Waals surface area (Å²) in [7, 11) is 0. The van der Waals surface area contributed by atoms with Crippen molar-refractivity contribution in [3.05, 3.63) is 108 Å². The summed E-state index contributed by atoms with van der Waals surface area (Å²) in [6.07, 6.45) is -0.343. The molecule has 0 aromatic heterocycles. The van der Waals surface area contributed by atoms with Crippen molar-refractivity contribution < 1.29 is 25.2 Å². The smallest absolute Gasteiger partial charge is 0.155 e. The van der Waals surface area contributed by atoms with E-state index in [1.165, 1.54) is 0 Å². The number of carbonyl (C=O) groups is 1. The second kappa shape index (κ2) is 9.54. The number of carbonyl (C=O) groups excluding carboxylic acids is 1. The molecule has 0 unspecified atom stereocenters. The largest absolute Gasteiger partial charge is 0.393 e. The van der Waals surface area contributed by atoms with Gasteiger partial charge in [-0.15, -0.1) is 0 Å². The van der Waals surface area contributed by atoms with Gasteiger partial charge >= 0.3 is 0 Å². The highest BCUT2D eigenvalue weighted by atomic mass is 16.4. The maximum Gasteiger partial charge on any atom is 0.155 e. The van der Waals surface area contributed by atoms with Crippen LogP contribution in [-0.2, 0) is 24.1 Å². The Balaban J connectivity index is 2.11. The van der Waals surface area contributed by atoms with E-state index in [1.807, 2.05) is 6.07 Å². The minimum Gasteiger partial charge on any atom is -0.393 e. The van der Waals surface area contributed by atoms with Crippen LogP contribution in [0.4, 0.5) is 0 Å². The lowest BCUT2D eigenvalue weighted by Crippen LogP contribution is -2.72. The molecule has 3 aromatic carbocycles. The SMILES string of the molecule is O=C[C@@](O)(Cc1ccccc1)[C@](O)(Cc1ccccc1)[C@](O)(CO)Cc1ccccc1. The Bertz CT molecular complexity index is 963. The first-order chi connectivity index (χ1) is 14.9. The number of benzene rings is 3. The summed E-state index contributed by atoms with van der Waals surface area (Å²) in [6.45, 7) is -0.851. The molecule has 5 nitrogen and oxygen atoms in total. The molecule has 0 spiro atoms. The van der Waals surface area contributed by atoms with Gasteiger partial charge in [0, 0.05) is 19.3 Å². The van der Waals surface area contributed by atoms with Crippen LogP contribution in [0.1, 0.15) is 16.7 Å². The minimum atomic E-state index is -2.39. The van der Waals surface area contributed by atoms with E-state index in [9.17, 15) is 25.2 Å². The first-order valence-corrected chi connectivity index (χ1v) is 10.2. The monoisotopic (exact) mass is 420 g/mol. The molecule has 4 N–H and O–H groups in total. The number of aliphatic hydroxyl groups is 4. The van der Waals surface area contributed by atoms with Crippen LogP contribution in [0.25, 0.3) is 0 Å². The third-order valence-corrected chi connectivity index (χ3v) is 5.90. The van der Waals surface area contributed by atoms with E-state index >= 15 is 0 Å². The van der Waals surface area contributed by atoms with Crippen molar-refractivity contribution in [3.8, 4) is 0 Å². The van der Waals surface area contributed by atoms with E-state index in [0.717, 1.165) is 0 Å². The molecule has 0 bridgehead atoms. The lowest BCUT2D eigenvalue weighted by atomic mass is 9.64. The van der Waals surface area contributed by atoms with Gasteiger partial charge in [0.15, 0.2) is 11.9 Å². The Morgan fingerprint density at radius 3 is 1.39 bits per heavy atom. The third-order valence-electron chi connectivity index (χ3n) is 5.90. The summed E-state index contributed by atoms with van der Waals surface area (Å²) < 4.78 is 0. The van der Waals surface area contributed by atoms with E-state index in [0.29, 0.717) is 16.7 Å². The lowest BCUT2D eigenvalue weighted by Gasteiger charge is -2.50. The van der Waals surface area contributed by atoms with Crippen molar-refractivity contribution in [2.24, 2.45) is 0 Å². The molecule has 0 saturated carbocycles. The molecular weight excluding hydrogens is 392 g/mol. The average Bonchev–Trinajstić information content (AvgIpc) is 2.80. The Morgan fingerprint density at radius 1 is 0.613 bits per heavy atom. The van der Waals surface area contributed by atoms with E-state index in [4.69, 9.17) is 0 Å². The molecule has 3 rings (SSSR count). The zero-order chi connectivity index (χ0) is 22.4. The van der Waals surface area contributed by atoms with Gasteiger partial charge in [0.1, 0.15) is 11.2 Å². The van der Waals surface area contributed by atoms with Crippen LogP contribution < -0.4 is 0 Å². The van der Waals surface area contributed by atoms with Crippen LogP contribution >= 0.6 is 0 Å². The van der Waals surface area contributed by atoms with Gasteiger partial charge in [-0.1, -0.05) is 91.0 Å². The highest BCUT2D eigenvalue weighted by molar-refractivity contribution is 5.67. The van der Waals surface area contributed by atoms with Crippen molar-refractivity contribution in [2.75, 3.05) is 6.61 Å². The Hall–Kier alpha value is -2.83. The van der Waals surface area contributed by atoms with Crippen molar-refractivity contribution >= 4 is 6.29 Å². The van der Waals surface area contributed by atoms with Crippen LogP contribution in [0, 0.1) is 0 Å². The molecule has 5 heteroatoms. The predicted octanol–water partition coefficient (Wildman–Crippen LogP) is 2.10. The number of rotatable bonds is 10. The summed E-state index contributed by atoms with van der Waals surface area (Å²) in [5.74, 6) is 0. The van der Waals surface area contributed by atoms with E-state index in [-0.39, 0.29) is 25.5 Å². The third kappa shape index (κ3) is 4.75. The number of aliphatic hydroxyl groups excluding tert-OH is 1. The highest BCUT2D eigenvalue weighted by Crippen LogP contribution is 2.39. The summed E-state index contributed by atoms with van der Waals surface area (Å²) in [4.78, 5) is 12.3. The van der Waals surface area contributed by atoms with Crippen molar-refractivity contribution in [1.82, 2.24) is 0 Å². The summed E-state index contributed by atoms with van der Waals surface area (Å²) >= 11 is 0. The first kappa shape index (κ1) is 22.8. The van der Waals surface area contributed by atoms with E-state index < -0.39 is 23.4 Å². The van der Waals surface area contributed by atoms with Crippen LogP contribution in [-0.4, -0.2) is 50.1 Å². The van der Waals surface area contributed by atoms with Crippen molar-refractivity contribution in [3.63, 3.8) is 0 Å². The average molecular weight is 421 g/mol. The Labute approximate surface area is 182 Å².